The number of anilines is 1. The SMILES string of the molecule is Fc1cc(Cl)cc2c1NCC21CCNCC1. The highest BCUT2D eigenvalue weighted by atomic mass is 35.5. The van der Waals surface area contributed by atoms with E-state index in [-0.39, 0.29) is 11.2 Å². The van der Waals surface area contributed by atoms with Gasteiger partial charge in [-0.15, -0.1) is 0 Å². The first kappa shape index (κ1) is 10.4. The predicted octanol–water partition coefficient (Wildman–Crippen LogP) is 2.53. The Morgan fingerprint density at radius 2 is 2.00 bits per heavy atom. The van der Waals surface area contributed by atoms with Crippen molar-refractivity contribution >= 4 is 17.3 Å². The van der Waals surface area contributed by atoms with Crippen molar-refractivity contribution in [2.24, 2.45) is 0 Å². The smallest absolute Gasteiger partial charge is 0.148 e. The summed E-state index contributed by atoms with van der Waals surface area (Å²) in [6.07, 6.45) is 2.10. The van der Waals surface area contributed by atoms with E-state index < -0.39 is 0 Å². The van der Waals surface area contributed by atoms with Gasteiger partial charge in [0.1, 0.15) is 5.82 Å². The summed E-state index contributed by atoms with van der Waals surface area (Å²) in [5.74, 6) is -0.224. The van der Waals surface area contributed by atoms with E-state index in [4.69, 9.17) is 11.6 Å². The summed E-state index contributed by atoms with van der Waals surface area (Å²) in [6, 6.07) is 3.30. The normalized spacial score (nSPS) is 21.9. The van der Waals surface area contributed by atoms with Crippen LogP contribution in [0.4, 0.5) is 10.1 Å². The Balaban J connectivity index is 2.10. The predicted molar refractivity (Wildman–Crippen MR) is 63.7 cm³/mol. The van der Waals surface area contributed by atoms with Crippen LogP contribution in [0.25, 0.3) is 0 Å². The third-order valence-electron chi connectivity index (χ3n) is 3.79. The summed E-state index contributed by atoms with van der Waals surface area (Å²) in [4.78, 5) is 0. The maximum Gasteiger partial charge on any atom is 0.148 e. The molecular formula is C12H14ClFN2. The molecule has 2 aliphatic heterocycles. The zero-order valence-electron chi connectivity index (χ0n) is 8.95. The maximum atomic E-state index is 13.7. The van der Waals surface area contributed by atoms with Gasteiger partial charge in [0.05, 0.1) is 5.69 Å². The zero-order valence-corrected chi connectivity index (χ0v) is 9.70. The third-order valence-corrected chi connectivity index (χ3v) is 4.01. The number of halogens is 2. The van der Waals surface area contributed by atoms with E-state index in [0.29, 0.717) is 10.7 Å². The van der Waals surface area contributed by atoms with Crippen LogP contribution < -0.4 is 10.6 Å². The van der Waals surface area contributed by atoms with E-state index in [2.05, 4.69) is 10.6 Å². The molecule has 0 amide bonds. The van der Waals surface area contributed by atoms with Crippen LogP contribution in [-0.4, -0.2) is 19.6 Å². The molecular weight excluding hydrogens is 227 g/mol. The lowest BCUT2D eigenvalue weighted by atomic mass is 9.75. The number of hydrogen-bond acceptors (Lipinski definition) is 2. The van der Waals surface area contributed by atoms with Crippen molar-refractivity contribution in [1.82, 2.24) is 5.32 Å². The minimum absolute atomic E-state index is 0.0896. The van der Waals surface area contributed by atoms with E-state index in [1.165, 1.54) is 6.07 Å². The van der Waals surface area contributed by atoms with Gasteiger partial charge < -0.3 is 10.6 Å². The Labute approximate surface area is 99.2 Å². The van der Waals surface area contributed by atoms with Crippen LogP contribution >= 0.6 is 11.6 Å². The Morgan fingerprint density at radius 1 is 1.25 bits per heavy atom. The lowest BCUT2D eigenvalue weighted by Crippen LogP contribution is -2.41. The molecule has 1 fully saturated rings. The van der Waals surface area contributed by atoms with Crippen LogP contribution in [0.5, 0.6) is 0 Å². The van der Waals surface area contributed by atoms with Crippen LogP contribution in [0.3, 0.4) is 0 Å². The molecule has 0 saturated carbocycles. The van der Waals surface area contributed by atoms with Gasteiger partial charge in [-0.25, -0.2) is 4.39 Å². The Hall–Kier alpha value is -0.800. The minimum Gasteiger partial charge on any atom is -0.382 e. The summed E-state index contributed by atoms with van der Waals surface area (Å²) in [5, 5.41) is 7.03. The van der Waals surface area contributed by atoms with E-state index in [1.807, 2.05) is 6.07 Å². The summed E-state index contributed by atoms with van der Waals surface area (Å²) in [7, 11) is 0. The third kappa shape index (κ3) is 1.42. The Kier molecular flexibility index (Phi) is 2.33. The topological polar surface area (TPSA) is 24.1 Å². The van der Waals surface area contributed by atoms with E-state index in [9.17, 15) is 4.39 Å². The number of rotatable bonds is 0. The van der Waals surface area contributed by atoms with Gasteiger partial charge in [-0.2, -0.15) is 0 Å². The van der Waals surface area contributed by atoms with E-state index in [1.54, 1.807) is 0 Å². The Bertz CT molecular complexity index is 427. The maximum absolute atomic E-state index is 13.7. The highest BCUT2D eigenvalue weighted by molar-refractivity contribution is 6.30. The van der Waals surface area contributed by atoms with Gasteiger partial charge in [-0.3, -0.25) is 0 Å². The summed E-state index contributed by atoms with van der Waals surface area (Å²) in [6.45, 7) is 2.83. The molecule has 0 aromatic heterocycles. The van der Waals surface area contributed by atoms with Crippen molar-refractivity contribution in [1.29, 1.82) is 0 Å². The number of benzene rings is 1. The second kappa shape index (κ2) is 3.60. The van der Waals surface area contributed by atoms with Crippen molar-refractivity contribution in [3.8, 4) is 0 Å². The van der Waals surface area contributed by atoms with Crippen molar-refractivity contribution in [3.05, 3.63) is 28.5 Å². The van der Waals surface area contributed by atoms with Gasteiger partial charge in [0.2, 0.25) is 0 Å². The number of fused-ring (bicyclic) bond motifs is 2. The molecule has 2 N–H and O–H groups in total. The molecule has 1 spiro atoms. The number of hydrogen-bond donors (Lipinski definition) is 2. The van der Waals surface area contributed by atoms with Gasteiger partial charge in [-0.1, -0.05) is 11.6 Å². The van der Waals surface area contributed by atoms with Crippen molar-refractivity contribution < 1.29 is 4.39 Å². The lowest BCUT2D eigenvalue weighted by Gasteiger charge is -2.33. The highest BCUT2D eigenvalue weighted by Crippen LogP contribution is 2.44. The number of piperidine rings is 1. The average molecular weight is 241 g/mol. The van der Waals surface area contributed by atoms with Crippen molar-refractivity contribution in [2.45, 2.75) is 18.3 Å². The van der Waals surface area contributed by atoms with Gasteiger partial charge >= 0.3 is 0 Å². The van der Waals surface area contributed by atoms with Crippen LogP contribution in [0.1, 0.15) is 18.4 Å². The minimum atomic E-state index is -0.224. The van der Waals surface area contributed by atoms with Crippen LogP contribution in [0.2, 0.25) is 5.02 Å². The first-order valence-corrected chi connectivity index (χ1v) is 6.03. The molecule has 0 bridgehead atoms. The molecule has 2 heterocycles. The van der Waals surface area contributed by atoms with Gasteiger partial charge in [0.15, 0.2) is 0 Å². The molecule has 4 heteroatoms. The number of nitrogens with one attached hydrogen (secondary N) is 2. The largest absolute Gasteiger partial charge is 0.382 e. The quantitative estimate of drug-likeness (QED) is 0.728. The van der Waals surface area contributed by atoms with E-state index >= 15 is 0 Å². The summed E-state index contributed by atoms with van der Waals surface area (Å²) in [5.41, 5.74) is 1.82. The second-order valence-corrected chi connectivity index (χ2v) is 5.13. The fraction of sp³-hybridized carbons (Fsp3) is 0.500. The Morgan fingerprint density at radius 3 is 2.75 bits per heavy atom. The first-order chi connectivity index (χ1) is 7.71. The second-order valence-electron chi connectivity index (χ2n) is 4.69. The molecule has 86 valence electrons. The summed E-state index contributed by atoms with van der Waals surface area (Å²) >= 11 is 5.95. The van der Waals surface area contributed by atoms with E-state index in [0.717, 1.165) is 38.0 Å². The molecule has 0 aliphatic carbocycles. The standard InChI is InChI=1S/C12H14ClFN2/c13-8-5-9-11(10(14)6-8)16-7-12(9)1-3-15-4-2-12/h5-6,15-16H,1-4,7H2. The van der Waals surface area contributed by atoms with Gasteiger partial charge in [0.25, 0.3) is 0 Å². The molecule has 1 aromatic carbocycles. The van der Waals surface area contributed by atoms with Crippen LogP contribution in [0, 0.1) is 5.82 Å². The van der Waals surface area contributed by atoms with Gasteiger partial charge in [-0.05, 0) is 43.6 Å². The highest BCUT2D eigenvalue weighted by Gasteiger charge is 2.41. The van der Waals surface area contributed by atoms with Gasteiger partial charge in [0, 0.05) is 17.0 Å². The molecule has 0 unspecified atom stereocenters. The first-order valence-electron chi connectivity index (χ1n) is 5.65. The van der Waals surface area contributed by atoms with Crippen molar-refractivity contribution in [3.63, 3.8) is 0 Å². The molecule has 0 atom stereocenters. The molecule has 2 aliphatic rings. The monoisotopic (exact) mass is 240 g/mol. The zero-order chi connectivity index (χ0) is 11.2. The molecule has 2 nitrogen and oxygen atoms in total. The molecule has 0 radical (unpaired) electrons. The van der Waals surface area contributed by atoms with Crippen LogP contribution in [-0.2, 0) is 5.41 Å². The fourth-order valence-corrected chi connectivity index (χ4v) is 3.08. The molecule has 3 rings (SSSR count). The molecule has 1 aromatic rings. The fourth-order valence-electron chi connectivity index (χ4n) is 2.88. The average Bonchev–Trinajstić information content (AvgIpc) is 2.59. The van der Waals surface area contributed by atoms with Crippen molar-refractivity contribution in [2.75, 3.05) is 25.0 Å². The van der Waals surface area contributed by atoms with Crippen LogP contribution in [0.15, 0.2) is 12.1 Å². The summed E-state index contributed by atoms with van der Waals surface area (Å²) < 4.78 is 13.7. The molecule has 1 saturated heterocycles. The lowest BCUT2D eigenvalue weighted by molar-refractivity contribution is 0.335. The molecule has 16 heavy (non-hydrogen) atoms.